The van der Waals surface area contributed by atoms with Crippen molar-refractivity contribution < 1.29 is 4.79 Å². The third-order valence-electron chi connectivity index (χ3n) is 3.55. The van der Waals surface area contributed by atoms with Gasteiger partial charge < -0.3 is 10.6 Å². The van der Waals surface area contributed by atoms with Crippen LogP contribution in [0.25, 0.3) is 0 Å². The second-order valence-electron chi connectivity index (χ2n) is 5.29. The summed E-state index contributed by atoms with van der Waals surface area (Å²) in [6.07, 6.45) is 0.852. The van der Waals surface area contributed by atoms with Crippen molar-refractivity contribution in [1.82, 2.24) is 5.32 Å². The fourth-order valence-corrected chi connectivity index (χ4v) is 2.38. The maximum atomic E-state index is 12.2. The molecule has 2 rings (SSSR count). The summed E-state index contributed by atoms with van der Waals surface area (Å²) >= 11 is 0. The third-order valence-corrected chi connectivity index (χ3v) is 3.55. The van der Waals surface area contributed by atoms with Gasteiger partial charge in [-0.3, -0.25) is 0 Å². The van der Waals surface area contributed by atoms with Crippen LogP contribution in [-0.2, 0) is 0 Å². The molecule has 0 aliphatic carbocycles. The molecule has 0 fully saturated rings. The van der Waals surface area contributed by atoms with E-state index in [4.69, 9.17) is 0 Å². The molecule has 3 nitrogen and oxygen atoms in total. The third kappa shape index (κ3) is 4.09. The first-order chi connectivity index (χ1) is 10.1. The van der Waals surface area contributed by atoms with Crippen LogP contribution in [0.1, 0.15) is 36.1 Å². The second-order valence-corrected chi connectivity index (χ2v) is 5.29. The monoisotopic (exact) mass is 282 g/mol. The average Bonchev–Trinajstić information content (AvgIpc) is 2.48. The van der Waals surface area contributed by atoms with Crippen molar-refractivity contribution in [3.8, 4) is 0 Å². The number of amides is 2. The number of anilines is 1. The molecule has 3 heteroatoms. The number of hydrogen-bond donors (Lipinski definition) is 2. The van der Waals surface area contributed by atoms with Gasteiger partial charge >= 0.3 is 6.03 Å². The average molecular weight is 282 g/mol. The first kappa shape index (κ1) is 15.1. The van der Waals surface area contributed by atoms with Crippen molar-refractivity contribution in [2.45, 2.75) is 33.2 Å². The Kier molecular flexibility index (Phi) is 4.99. The summed E-state index contributed by atoms with van der Waals surface area (Å²) < 4.78 is 0. The highest BCUT2D eigenvalue weighted by Gasteiger charge is 2.12. The van der Waals surface area contributed by atoms with Gasteiger partial charge in [0.05, 0.1) is 6.04 Å². The van der Waals surface area contributed by atoms with E-state index in [1.807, 2.05) is 56.3 Å². The Balaban J connectivity index is 2.03. The summed E-state index contributed by atoms with van der Waals surface area (Å²) in [7, 11) is 0. The lowest BCUT2D eigenvalue weighted by Gasteiger charge is -2.18. The van der Waals surface area contributed by atoms with E-state index in [0.717, 1.165) is 23.2 Å². The Bertz CT molecular complexity index is 608. The second kappa shape index (κ2) is 6.93. The number of nitrogens with one attached hydrogen (secondary N) is 2. The predicted octanol–water partition coefficient (Wildman–Crippen LogP) is 4.58. The van der Waals surface area contributed by atoms with Gasteiger partial charge in [0.25, 0.3) is 0 Å². The summed E-state index contributed by atoms with van der Waals surface area (Å²) in [6, 6.07) is 15.9. The molecule has 2 aromatic rings. The Labute approximate surface area is 126 Å². The van der Waals surface area contributed by atoms with Gasteiger partial charge in [-0.25, -0.2) is 4.79 Å². The van der Waals surface area contributed by atoms with E-state index in [9.17, 15) is 4.79 Å². The summed E-state index contributed by atoms with van der Waals surface area (Å²) in [5.41, 5.74) is 4.23. The van der Waals surface area contributed by atoms with Crippen LogP contribution >= 0.6 is 0 Å². The molecule has 0 heterocycles. The maximum absolute atomic E-state index is 12.2. The van der Waals surface area contributed by atoms with Crippen molar-refractivity contribution in [2.75, 3.05) is 5.32 Å². The molecule has 0 unspecified atom stereocenters. The molecule has 0 spiro atoms. The van der Waals surface area contributed by atoms with Crippen molar-refractivity contribution in [3.05, 3.63) is 65.2 Å². The normalized spacial score (nSPS) is 11.8. The highest BCUT2D eigenvalue weighted by atomic mass is 16.2. The molecule has 0 aliphatic heterocycles. The van der Waals surface area contributed by atoms with Crippen LogP contribution in [0.4, 0.5) is 10.5 Å². The molecule has 0 saturated carbocycles. The van der Waals surface area contributed by atoms with Gasteiger partial charge in [-0.15, -0.1) is 0 Å². The molecule has 0 aromatic heterocycles. The Morgan fingerprint density at radius 3 is 2.43 bits per heavy atom. The highest BCUT2D eigenvalue weighted by Crippen LogP contribution is 2.18. The number of rotatable bonds is 4. The number of benzene rings is 2. The minimum atomic E-state index is -0.169. The lowest BCUT2D eigenvalue weighted by molar-refractivity contribution is 0.248. The zero-order valence-corrected chi connectivity index (χ0v) is 12.8. The maximum Gasteiger partial charge on any atom is 0.319 e. The van der Waals surface area contributed by atoms with Crippen molar-refractivity contribution >= 4 is 11.7 Å². The summed E-state index contributed by atoms with van der Waals surface area (Å²) in [4.78, 5) is 12.2. The summed E-state index contributed by atoms with van der Waals surface area (Å²) in [5, 5.41) is 5.95. The lowest BCUT2D eigenvalue weighted by Crippen LogP contribution is -2.32. The van der Waals surface area contributed by atoms with E-state index in [2.05, 4.69) is 23.6 Å². The first-order valence-corrected chi connectivity index (χ1v) is 7.30. The topological polar surface area (TPSA) is 41.1 Å². The Hall–Kier alpha value is -2.29. The zero-order valence-electron chi connectivity index (χ0n) is 12.8. The van der Waals surface area contributed by atoms with Gasteiger partial charge in [0.15, 0.2) is 0 Å². The van der Waals surface area contributed by atoms with E-state index in [1.165, 1.54) is 5.56 Å². The molecule has 2 N–H and O–H groups in total. The fraction of sp³-hybridized carbons (Fsp3) is 0.278. The molecule has 110 valence electrons. The number of carbonyl (C=O) groups excluding carboxylic acids is 1. The lowest BCUT2D eigenvalue weighted by atomic mass is 10.1. The van der Waals surface area contributed by atoms with Crippen LogP contribution in [0, 0.1) is 13.8 Å². The number of hydrogen-bond acceptors (Lipinski definition) is 1. The molecule has 2 amide bonds. The van der Waals surface area contributed by atoms with Crippen LogP contribution in [0.15, 0.2) is 48.5 Å². The number of carbonyl (C=O) groups is 1. The van der Waals surface area contributed by atoms with Crippen molar-refractivity contribution in [1.29, 1.82) is 0 Å². The quantitative estimate of drug-likeness (QED) is 0.847. The van der Waals surface area contributed by atoms with Gasteiger partial charge in [0.2, 0.25) is 0 Å². The molecular formula is C18H22N2O. The molecule has 0 radical (unpaired) electrons. The molecule has 0 aliphatic rings. The van der Waals surface area contributed by atoms with Gasteiger partial charge in [0, 0.05) is 5.69 Å². The Morgan fingerprint density at radius 1 is 1.10 bits per heavy atom. The van der Waals surface area contributed by atoms with Crippen LogP contribution in [0.3, 0.4) is 0 Å². The van der Waals surface area contributed by atoms with Gasteiger partial charge in [0.1, 0.15) is 0 Å². The standard InChI is InChI=1S/C18H22N2O/c1-4-16(15-8-6-5-7-9-15)19-18(21)20-17-11-10-13(2)12-14(17)3/h5-12,16H,4H2,1-3H3,(H2,19,20,21)/t16-/m1/s1. The van der Waals surface area contributed by atoms with Gasteiger partial charge in [-0.05, 0) is 37.5 Å². The molecule has 0 bridgehead atoms. The number of aryl methyl sites for hydroxylation is 2. The van der Waals surface area contributed by atoms with E-state index in [1.54, 1.807) is 0 Å². The van der Waals surface area contributed by atoms with Crippen LogP contribution in [-0.4, -0.2) is 6.03 Å². The van der Waals surface area contributed by atoms with Crippen LogP contribution < -0.4 is 10.6 Å². The fourth-order valence-electron chi connectivity index (χ4n) is 2.38. The van der Waals surface area contributed by atoms with Gasteiger partial charge in [-0.2, -0.15) is 0 Å². The van der Waals surface area contributed by atoms with E-state index >= 15 is 0 Å². The van der Waals surface area contributed by atoms with E-state index in [0.29, 0.717) is 0 Å². The molecule has 1 atom stereocenters. The van der Waals surface area contributed by atoms with Crippen molar-refractivity contribution in [2.24, 2.45) is 0 Å². The highest BCUT2D eigenvalue weighted by molar-refractivity contribution is 5.90. The smallest absolute Gasteiger partial charge is 0.319 e. The molecule has 2 aromatic carbocycles. The minimum absolute atomic E-state index is 0.0250. The predicted molar refractivity (Wildman–Crippen MR) is 87.5 cm³/mol. The molecule has 21 heavy (non-hydrogen) atoms. The van der Waals surface area contributed by atoms with Crippen LogP contribution in [0.5, 0.6) is 0 Å². The van der Waals surface area contributed by atoms with E-state index < -0.39 is 0 Å². The number of urea groups is 1. The largest absolute Gasteiger partial charge is 0.331 e. The summed E-state index contributed by atoms with van der Waals surface area (Å²) in [6.45, 7) is 6.10. The Morgan fingerprint density at radius 2 is 1.81 bits per heavy atom. The van der Waals surface area contributed by atoms with Crippen LogP contribution in [0.2, 0.25) is 0 Å². The summed E-state index contributed by atoms with van der Waals surface area (Å²) in [5.74, 6) is 0. The van der Waals surface area contributed by atoms with E-state index in [-0.39, 0.29) is 12.1 Å². The SMILES string of the molecule is CC[C@@H](NC(=O)Nc1ccc(C)cc1C)c1ccccc1. The van der Waals surface area contributed by atoms with Gasteiger partial charge in [-0.1, -0.05) is 55.0 Å². The minimum Gasteiger partial charge on any atom is -0.331 e. The first-order valence-electron chi connectivity index (χ1n) is 7.30. The van der Waals surface area contributed by atoms with Crippen molar-refractivity contribution in [3.63, 3.8) is 0 Å². The molecule has 0 saturated heterocycles. The zero-order chi connectivity index (χ0) is 15.2. The molecular weight excluding hydrogens is 260 g/mol.